The Morgan fingerprint density at radius 1 is 1.35 bits per heavy atom. The van der Waals surface area contributed by atoms with Gasteiger partial charge in [-0.25, -0.2) is 4.98 Å². The van der Waals surface area contributed by atoms with Crippen LogP contribution in [0.4, 0.5) is 5.82 Å². The van der Waals surface area contributed by atoms with Crippen molar-refractivity contribution in [2.24, 2.45) is 23.6 Å². The SMILES string of the molecule is NNC(c1cccnc1N)C1CC2CCC1C2. The van der Waals surface area contributed by atoms with Crippen LogP contribution in [0.15, 0.2) is 18.3 Å². The smallest absolute Gasteiger partial charge is 0.128 e. The van der Waals surface area contributed by atoms with Crippen LogP contribution in [0.25, 0.3) is 0 Å². The van der Waals surface area contributed by atoms with Crippen molar-refractivity contribution >= 4 is 5.82 Å². The summed E-state index contributed by atoms with van der Waals surface area (Å²) in [6, 6.07) is 4.14. The lowest BCUT2D eigenvalue weighted by molar-refractivity contribution is 0.252. The number of aromatic nitrogens is 1. The third kappa shape index (κ3) is 1.81. The molecule has 0 saturated heterocycles. The van der Waals surface area contributed by atoms with Crippen LogP contribution in [0, 0.1) is 17.8 Å². The van der Waals surface area contributed by atoms with Gasteiger partial charge in [0.1, 0.15) is 5.82 Å². The standard InChI is InChI=1S/C13H20N4/c14-13-10(2-1-5-16-13)12(17-15)11-7-8-3-4-9(11)6-8/h1-2,5,8-9,11-12,17H,3-4,6-7,15H2,(H2,14,16). The number of rotatable bonds is 3. The fraction of sp³-hybridized carbons (Fsp3) is 0.615. The van der Waals surface area contributed by atoms with Crippen LogP contribution >= 0.6 is 0 Å². The molecular weight excluding hydrogens is 212 g/mol. The summed E-state index contributed by atoms with van der Waals surface area (Å²) in [6.07, 6.45) is 7.15. The molecule has 2 saturated carbocycles. The van der Waals surface area contributed by atoms with Crippen molar-refractivity contribution in [1.29, 1.82) is 0 Å². The summed E-state index contributed by atoms with van der Waals surface area (Å²) in [7, 11) is 0. The molecule has 1 aromatic heterocycles. The number of hydrazine groups is 1. The molecule has 2 bridgehead atoms. The monoisotopic (exact) mass is 232 g/mol. The van der Waals surface area contributed by atoms with Gasteiger partial charge >= 0.3 is 0 Å². The van der Waals surface area contributed by atoms with E-state index < -0.39 is 0 Å². The molecule has 1 heterocycles. The molecule has 5 N–H and O–H groups in total. The van der Waals surface area contributed by atoms with Crippen LogP contribution < -0.4 is 17.0 Å². The lowest BCUT2D eigenvalue weighted by Gasteiger charge is -2.30. The molecule has 0 radical (unpaired) electrons. The zero-order valence-corrected chi connectivity index (χ0v) is 9.97. The molecular formula is C13H20N4. The maximum absolute atomic E-state index is 5.96. The summed E-state index contributed by atoms with van der Waals surface area (Å²) in [5.41, 5.74) is 9.98. The lowest BCUT2D eigenvalue weighted by Crippen LogP contribution is -2.36. The van der Waals surface area contributed by atoms with Gasteiger partial charge in [-0.3, -0.25) is 11.3 Å². The van der Waals surface area contributed by atoms with Gasteiger partial charge in [0.25, 0.3) is 0 Å². The van der Waals surface area contributed by atoms with E-state index in [0.29, 0.717) is 11.7 Å². The van der Waals surface area contributed by atoms with Crippen molar-refractivity contribution < 1.29 is 0 Å². The van der Waals surface area contributed by atoms with E-state index >= 15 is 0 Å². The fourth-order valence-electron chi connectivity index (χ4n) is 3.84. The van der Waals surface area contributed by atoms with E-state index in [1.54, 1.807) is 6.20 Å². The Morgan fingerprint density at radius 2 is 2.24 bits per heavy atom. The summed E-state index contributed by atoms with van der Waals surface area (Å²) >= 11 is 0. The summed E-state index contributed by atoms with van der Waals surface area (Å²) in [5, 5.41) is 0. The van der Waals surface area contributed by atoms with Crippen LogP contribution in [0.3, 0.4) is 0 Å². The average Bonchev–Trinajstić information content (AvgIpc) is 2.95. The van der Waals surface area contributed by atoms with E-state index in [1.807, 2.05) is 12.1 Å². The number of anilines is 1. The molecule has 1 aromatic rings. The molecule has 4 unspecified atom stereocenters. The van der Waals surface area contributed by atoms with Crippen molar-refractivity contribution in [2.45, 2.75) is 31.7 Å². The van der Waals surface area contributed by atoms with Crippen LogP contribution in [0.5, 0.6) is 0 Å². The summed E-state index contributed by atoms with van der Waals surface area (Å²) in [4.78, 5) is 4.16. The Hall–Kier alpha value is -1.13. The summed E-state index contributed by atoms with van der Waals surface area (Å²) in [6.45, 7) is 0. The third-order valence-corrected chi connectivity index (χ3v) is 4.61. The average molecular weight is 232 g/mol. The van der Waals surface area contributed by atoms with Gasteiger partial charge in [0, 0.05) is 11.8 Å². The van der Waals surface area contributed by atoms with E-state index in [9.17, 15) is 0 Å². The molecule has 3 rings (SSSR count). The Bertz CT molecular complexity index is 406. The minimum absolute atomic E-state index is 0.166. The highest BCUT2D eigenvalue weighted by atomic mass is 15.2. The molecule has 4 atom stereocenters. The number of hydrogen-bond acceptors (Lipinski definition) is 4. The first-order chi connectivity index (χ1) is 8.29. The van der Waals surface area contributed by atoms with Gasteiger partial charge in [0.2, 0.25) is 0 Å². The molecule has 2 fully saturated rings. The van der Waals surface area contributed by atoms with Gasteiger partial charge in [-0.1, -0.05) is 12.5 Å². The molecule has 2 aliphatic carbocycles. The largest absolute Gasteiger partial charge is 0.383 e. The van der Waals surface area contributed by atoms with E-state index in [2.05, 4.69) is 10.4 Å². The summed E-state index contributed by atoms with van der Waals surface area (Å²) < 4.78 is 0. The van der Waals surface area contributed by atoms with Gasteiger partial charge < -0.3 is 5.73 Å². The Kier molecular flexibility index (Phi) is 2.76. The quantitative estimate of drug-likeness (QED) is 0.546. The number of nitrogens with zero attached hydrogens (tertiary/aromatic N) is 1. The Morgan fingerprint density at radius 3 is 2.82 bits per heavy atom. The molecule has 92 valence electrons. The highest BCUT2D eigenvalue weighted by molar-refractivity contribution is 5.41. The van der Waals surface area contributed by atoms with Gasteiger partial charge in [-0.05, 0) is 43.1 Å². The number of nitrogens with one attached hydrogen (secondary N) is 1. The van der Waals surface area contributed by atoms with Crippen LogP contribution in [-0.2, 0) is 0 Å². The van der Waals surface area contributed by atoms with Crippen molar-refractivity contribution in [3.05, 3.63) is 23.9 Å². The zero-order valence-electron chi connectivity index (χ0n) is 9.97. The third-order valence-electron chi connectivity index (χ3n) is 4.61. The molecule has 0 aromatic carbocycles. The highest BCUT2D eigenvalue weighted by Gasteiger charge is 2.43. The van der Waals surface area contributed by atoms with E-state index in [-0.39, 0.29) is 6.04 Å². The molecule has 0 aliphatic heterocycles. The predicted molar refractivity (Wildman–Crippen MR) is 67.7 cm³/mol. The van der Waals surface area contributed by atoms with E-state index in [1.165, 1.54) is 25.7 Å². The van der Waals surface area contributed by atoms with Crippen LogP contribution in [0.2, 0.25) is 0 Å². The van der Waals surface area contributed by atoms with Crippen molar-refractivity contribution in [1.82, 2.24) is 10.4 Å². The van der Waals surface area contributed by atoms with Gasteiger partial charge in [0.05, 0.1) is 6.04 Å². The van der Waals surface area contributed by atoms with Gasteiger partial charge in [-0.15, -0.1) is 0 Å². The normalized spacial score (nSPS) is 32.9. The number of nitrogens with two attached hydrogens (primary N) is 2. The second kappa shape index (κ2) is 4.27. The van der Waals surface area contributed by atoms with E-state index in [0.717, 1.165) is 17.4 Å². The minimum Gasteiger partial charge on any atom is -0.383 e. The van der Waals surface area contributed by atoms with Gasteiger partial charge in [-0.2, -0.15) is 0 Å². The van der Waals surface area contributed by atoms with Gasteiger partial charge in [0.15, 0.2) is 0 Å². The first kappa shape index (κ1) is 11.0. The minimum atomic E-state index is 0.166. The number of nitrogen functional groups attached to an aromatic ring is 1. The second-order valence-corrected chi connectivity index (χ2v) is 5.46. The Labute approximate surface area is 102 Å². The lowest BCUT2D eigenvalue weighted by atomic mass is 9.81. The van der Waals surface area contributed by atoms with Crippen LogP contribution in [-0.4, -0.2) is 4.98 Å². The molecule has 4 nitrogen and oxygen atoms in total. The number of pyridine rings is 1. The first-order valence-electron chi connectivity index (χ1n) is 6.46. The molecule has 17 heavy (non-hydrogen) atoms. The van der Waals surface area contributed by atoms with Crippen molar-refractivity contribution in [3.63, 3.8) is 0 Å². The van der Waals surface area contributed by atoms with Crippen molar-refractivity contribution in [3.8, 4) is 0 Å². The fourth-order valence-corrected chi connectivity index (χ4v) is 3.84. The zero-order chi connectivity index (χ0) is 11.8. The maximum Gasteiger partial charge on any atom is 0.128 e. The molecule has 0 amide bonds. The summed E-state index contributed by atoms with van der Waals surface area (Å²) in [5.74, 6) is 8.73. The Balaban J connectivity index is 1.87. The van der Waals surface area contributed by atoms with Crippen LogP contribution in [0.1, 0.15) is 37.3 Å². The first-order valence-corrected chi connectivity index (χ1v) is 6.46. The van der Waals surface area contributed by atoms with Crippen molar-refractivity contribution in [2.75, 3.05) is 5.73 Å². The molecule has 4 heteroatoms. The number of fused-ring (bicyclic) bond motifs is 2. The molecule has 0 spiro atoms. The second-order valence-electron chi connectivity index (χ2n) is 5.46. The number of hydrogen-bond donors (Lipinski definition) is 3. The van der Waals surface area contributed by atoms with E-state index in [4.69, 9.17) is 11.6 Å². The topological polar surface area (TPSA) is 77.0 Å². The highest BCUT2D eigenvalue weighted by Crippen LogP contribution is 2.52. The predicted octanol–water partition coefficient (Wildman–Crippen LogP) is 1.60. The molecule has 2 aliphatic rings. The maximum atomic E-state index is 5.96.